The molecule has 0 atom stereocenters. The summed E-state index contributed by atoms with van der Waals surface area (Å²) in [6.07, 6.45) is 0. The molecule has 1 aromatic carbocycles. The molecule has 4 N–H and O–H groups in total. The average Bonchev–Trinajstić information content (AvgIpc) is 2.18. The van der Waals surface area contributed by atoms with Crippen LogP contribution in [0.4, 0.5) is 5.69 Å². The number of amidine groups is 1. The summed E-state index contributed by atoms with van der Waals surface area (Å²) in [7, 11) is 0. The first-order valence-corrected chi connectivity index (χ1v) is 3.99. The van der Waals surface area contributed by atoms with Crippen molar-refractivity contribution < 1.29 is 10.0 Å². The Balaban J connectivity index is 2.79. The molecule has 14 heavy (non-hydrogen) atoms. The molecule has 0 spiro atoms. The summed E-state index contributed by atoms with van der Waals surface area (Å²) in [5.74, 6) is -0.0964. The Morgan fingerprint density at radius 1 is 1.43 bits per heavy atom. The van der Waals surface area contributed by atoms with Gasteiger partial charge >= 0.3 is 0 Å². The van der Waals surface area contributed by atoms with Gasteiger partial charge in [0, 0.05) is 11.3 Å². The number of primary amides is 1. The fourth-order valence-electron chi connectivity index (χ4n) is 0.952. The van der Waals surface area contributed by atoms with Gasteiger partial charge in [0.25, 0.3) is 0 Å². The highest BCUT2D eigenvalue weighted by Crippen LogP contribution is 2.08. The molecule has 1 amide bonds. The van der Waals surface area contributed by atoms with Gasteiger partial charge in [0.15, 0.2) is 0 Å². The Morgan fingerprint density at radius 3 is 2.43 bits per heavy atom. The maximum atomic E-state index is 10.7. The molecule has 0 bridgehead atoms. The molecule has 0 saturated carbocycles. The van der Waals surface area contributed by atoms with E-state index in [4.69, 9.17) is 10.9 Å². The highest BCUT2D eigenvalue weighted by molar-refractivity contribution is 5.95. The number of anilines is 1. The van der Waals surface area contributed by atoms with Crippen molar-refractivity contribution >= 4 is 17.4 Å². The normalized spacial score (nSPS) is 11.1. The van der Waals surface area contributed by atoms with Crippen LogP contribution in [0.25, 0.3) is 0 Å². The molecule has 1 rings (SSSR count). The van der Waals surface area contributed by atoms with E-state index in [0.717, 1.165) is 5.69 Å². The van der Waals surface area contributed by atoms with Gasteiger partial charge in [-0.25, -0.2) is 0 Å². The van der Waals surface area contributed by atoms with Gasteiger partial charge < -0.3 is 16.3 Å². The van der Waals surface area contributed by atoms with Gasteiger partial charge in [-0.3, -0.25) is 4.79 Å². The number of rotatable bonds is 2. The van der Waals surface area contributed by atoms with Crippen LogP contribution in [0.3, 0.4) is 0 Å². The van der Waals surface area contributed by atoms with Crippen molar-refractivity contribution in [3.05, 3.63) is 29.8 Å². The SMILES string of the molecule is CC(=NO)Nc1ccc(C(N)=O)cc1. The molecule has 0 aliphatic heterocycles. The Kier molecular flexibility index (Phi) is 3.06. The third kappa shape index (κ3) is 2.48. The molecule has 74 valence electrons. The number of hydrogen-bond acceptors (Lipinski definition) is 3. The van der Waals surface area contributed by atoms with E-state index in [-0.39, 0.29) is 0 Å². The largest absolute Gasteiger partial charge is 0.409 e. The van der Waals surface area contributed by atoms with Gasteiger partial charge in [-0.1, -0.05) is 5.16 Å². The lowest BCUT2D eigenvalue weighted by atomic mass is 10.2. The molecule has 0 aromatic heterocycles. The minimum absolute atomic E-state index is 0.372. The van der Waals surface area contributed by atoms with Crippen molar-refractivity contribution in [3.8, 4) is 0 Å². The molecule has 5 heteroatoms. The smallest absolute Gasteiger partial charge is 0.248 e. The molecule has 0 unspecified atom stereocenters. The van der Waals surface area contributed by atoms with Gasteiger partial charge in [0.2, 0.25) is 5.91 Å². The van der Waals surface area contributed by atoms with Crippen LogP contribution in [0.2, 0.25) is 0 Å². The van der Waals surface area contributed by atoms with Crippen LogP contribution in [-0.2, 0) is 0 Å². The van der Waals surface area contributed by atoms with Crippen LogP contribution < -0.4 is 11.1 Å². The quantitative estimate of drug-likeness (QED) is 0.283. The van der Waals surface area contributed by atoms with E-state index in [1.807, 2.05) is 0 Å². The van der Waals surface area contributed by atoms with Crippen LogP contribution in [0.1, 0.15) is 17.3 Å². The van der Waals surface area contributed by atoms with Crippen molar-refractivity contribution in [2.24, 2.45) is 10.9 Å². The lowest BCUT2D eigenvalue weighted by molar-refractivity contribution is 0.100. The van der Waals surface area contributed by atoms with Crippen LogP contribution >= 0.6 is 0 Å². The zero-order chi connectivity index (χ0) is 10.6. The Bertz CT molecular complexity index is 357. The van der Waals surface area contributed by atoms with E-state index in [0.29, 0.717) is 11.4 Å². The number of amides is 1. The minimum Gasteiger partial charge on any atom is -0.409 e. The van der Waals surface area contributed by atoms with E-state index < -0.39 is 5.91 Å². The summed E-state index contributed by atoms with van der Waals surface area (Å²) in [6.45, 7) is 1.61. The number of nitrogens with zero attached hydrogens (tertiary/aromatic N) is 1. The van der Waals surface area contributed by atoms with Gasteiger partial charge in [-0.15, -0.1) is 0 Å². The monoisotopic (exact) mass is 193 g/mol. The summed E-state index contributed by atoms with van der Waals surface area (Å²) in [6, 6.07) is 6.54. The number of benzene rings is 1. The van der Waals surface area contributed by atoms with Gasteiger partial charge in [0.05, 0.1) is 0 Å². The van der Waals surface area contributed by atoms with Crippen LogP contribution in [0.15, 0.2) is 29.4 Å². The topological polar surface area (TPSA) is 87.7 Å². The first-order chi connectivity index (χ1) is 6.63. The van der Waals surface area contributed by atoms with E-state index in [1.165, 1.54) is 0 Å². The zero-order valence-electron chi connectivity index (χ0n) is 7.69. The summed E-state index contributed by atoms with van der Waals surface area (Å²) in [5, 5.41) is 14.2. The number of nitrogens with one attached hydrogen (secondary N) is 1. The first-order valence-electron chi connectivity index (χ1n) is 3.99. The number of carbonyl (C=O) groups excluding carboxylic acids is 1. The third-order valence-electron chi connectivity index (χ3n) is 1.64. The summed E-state index contributed by atoms with van der Waals surface area (Å²) in [5.41, 5.74) is 6.23. The van der Waals surface area contributed by atoms with Crippen LogP contribution in [0, 0.1) is 0 Å². The van der Waals surface area contributed by atoms with Crippen LogP contribution in [0.5, 0.6) is 0 Å². The summed E-state index contributed by atoms with van der Waals surface area (Å²) >= 11 is 0. The van der Waals surface area contributed by atoms with Crippen molar-refractivity contribution in [1.82, 2.24) is 0 Å². The van der Waals surface area contributed by atoms with Gasteiger partial charge in [-0.05, 0) is 31.2 Å². The third-order valence-corrected chi connectivity index (χ3v) is 1.64. The van der Waals surface area contributed by atoms with Crippen molar-refractivity contribution in [2.45, 2.75) is 6.92 Å². The molecular formula is C9H11N3O2. The van der Waals surface area contributed by atoms with E-state index in [2.05, 4.69) is 10.5 Å². The van der Waals surface area contributed by atoms with Gasteiger partial charge in [0.1, 0.15) is 5.84 Å². The van der Waals surface area contributed by atoms with Crippen molar-refractivity contribution in [2.75, 3.05) is 5.32 Å². The molecule has 0 fully saturated rings. The second-order valence-corrected chi connectivity index (χ2v) is 2.75. The highest BCUT2D eigenvalue weighted by Gasteiger charge is 1.99. The fraction of sp³-hybridized carbons (Fsp3) is 0.111. The molecule has 0 aliphatic carbocycles. The van der Waals surface area contributed by atoms with Crippen molar-refractivity contribution in [3.63, 3.8) is 0 Å². The zero-order valence-corrected chi connectivity index (χ0v) is 7.69. The highest BCUT2D eigenvalue weighted by atomic mass is 16.4. The molecular weight excluding hydrogens is 182 g/mol. The van der Waals surface area contributed by atoms with E-state index in [1.54, 1.807) is 31.2 Å². The Labute approximate surface area is 81.2 Å². The molecule has 1 aromatic rings. The van der Waals surface area contributed by atoms with E-state index >= 15 is 0 Å². The first kappa shape index (κ1) is 10.0. The van der Waals surface area contributed by atoms with Crippen molar-refractivity contribution in [1.29, 1.82) is 0 Å². The Morgan fingerprint density at radius 2 is 2.00 bits per heavy atom. The average molecular weight is 193 g/mol. The predicted molar refractivity (Wildman–Crippen MR) is 53.5 cm³/mol. The number of hydrogen-bond donors (Lipinski definition) is 3. The lowest BCUT2D eigenvalue weighted by Gasteiger charge is -2.03. The molecule has 0 saturated heterocycles. The molecule has 0 aliphatic rings. The van der Waals surface area contributed by atoms with Gasteiger partial charge in [-0.2, -0.15) is 0 Å². The number of nitrogens with two attached hydrogens (primary N) is 1. The second-order valence-electron chi connectivity index (χ2n) is 2.75. The number of carbonyl (C=O) groups is 1. The van der Waals surface area contributed by atoms with Crippen LogP contribution in [-0.4, -0.2) is 17.0 Å². The molecule has 0 radical (unpaired) electrons. The second kappa shape index (κ2) is 4.27. The maximum Gasteiger partial charge on any atom is 0.248 e. The minimum atomic E-state index is -0.468. The molecule has 0 heterocycles. The lowest BCUT2D eigenvalue weighted by Crippen LogP contribution is -2.11. The summed E-state index contributed by atoms with van der Waals surface area (Å²) in [4.78, 5) is 10.7. The Hall–Kier alpha value is -2.04. The molecule has 5 nitrogen and oxygen atoms in total. The fourth-order valence-corrected chi connectivity index (χ4v) is 0.952. The summed E-state index contributed by atoms with van der Waals surface area (Å²) < 4.78 is 0. The van der Waals surface area contributed by atoms with E-state index in [9.17, 15) is 4.79 Å². The maximum absolute atomic E-state index is 10.7. The standard InChI is InChI=1S/C9H11N3O2/c1-6(12-14)11-8-4-2-7(3-5-8)9(10)13/h2-5,14H,1H3,(H2,10,13)(H,11,12). The predicted octanol–water partition coefficient (Wildman–Crippen LogP) is 1.01. The number of oxime groups is 1.